The Morgan fingerprint density at radius 3 is 2.69 bits per heavy atom. The molecule has 90 valence electrons. The second kappa shape index (κ2) is 6.97. The second-order valence-electron chi connectivity index (χ2n) is 3.80. The normalized spacial score (nSPS) is 11.4. The van der Waals surface area contributed by atoms with Gasteiger partial charge in [0.05, 0.1) is 6.54 Å². The minimum absolute atomic E-state index is 0.167. The van der Waals surface area contributed by atoms with Gasteiger partial charge in [-0.3, -0.25) is 4.90 Å². The Balaban J connectivity index is 2.60. The van der Waals surface area contributed by atoms with E-state index in [-0.39, 0.29) is 6.54 Å². The summed E-state index contributed by atoms with van der Waals surface area (Å²) in [5.41, 5.74) is 2.25. The van der Waals surface area contributed by atoms with Gasteiger partial charge < -0.3 is 0 Å². The summed E-state index contributed by atoms with van der Waals surface area (Å²) in [7, 11) is 0. The Kier molecular flexibility index (Phi) is 5.91. The van der Waals surface area contributed by atoms with Crippen LogP contribution in [0.5, 0.6) is 0 Å². The number of hydrogen-bond donors (Lipinski definition) is 0. The summed E-state index contributed by atoms with van der Waals surface area (Å²) in [4.78, 5) is 1.76. The van der Waals surface area contributed by atoms with Crippen LogP contribution in [-0.2, 0) is 6.54 Å². The van der Waals surface area contributed by atoms with E-state index in [1.165, 1.54) is 0 Å². The molecule has 0 aliphatic rings. The van der Waals surface area contributed by atoms with Gasteiger partial charge in [-0.05, 0) is 12.5 Å². The molecule has 1 aromatic carbocycles. The number of aryl methyl sites for hydroxylation is 1. The number of nitrogens with zero attached hydrogens (tertiary/aromatic N) is 1. The molecule has 0 aliphatic carbocycles. The molecule has 0 radical (unpaired) electrons. The highest BCUT2D eigenvalue weighted by molar-refractivity contribution is 9.09. The van der Waals surface area contributed by atoms with Crippen molar-refractivity contribution in [2.75, 3.05) is 18.4 Å². The molecular weight excluding hydrogens is 276 g/mol. The summed E-state index contributed by atoms with van der Waals surface area (Å²) in [5.74, 6) is 0. The van der Waals surface area contributed by atoms with Crippen molar-refractivity contribution in [3.05, 3.63) is 35.4 Å². The third-order valence-electron chi connectivity index (χ3n) is 2.29. The van der Waals surface area contributed by atoms with Crippen molar-refractivity contribution in [2.24, 2.45) is 0 Å². The Labute approximate surface area is 104 Å². The number of halogens is 3. The van der Waals surface area contributed by atoms with Gasteiger partial charge in [0.2, 0.25) is 0 Å². The van der Waals surface area contributed by atoms with Crippen molar-refractivity contribution in [3.63, 3.8) is 0 Å². The van der Waals surface area contributed by atoms with Crippen LogP contribution in [0, 0.1) is 6.92 Å². The van der Waals surface area contributed by atoms with E-state index < -0.39 is 6.43 Å². The summed E-state index contributed by atoms with van der Waals surface area (Å²) in [6, 6.07) is 7.97. The maximum absolute atomic E-state index is 12.3. The molecule has 0 unspecified atom stereocenters. The molecule has 1 nitrogen and oxygen atoms in total. The fourth-order valence-electron chi connectivity index (χ4n) is 1.62. The Hall–Kier alpha value is -0.480. The fourth-order valence-corrected chi connectivity index (χ4v) is 2.12. The van der Waals surface area contributed by atoms with E-state index in [9.17, 15) is 8.78 Å². The molecule has 0 fully saturated rings. The smallest absolute Gasteiger partial charge is 0.251 e. The van der Waals surface area contributed by atoms with Gasteiger partial charge in [0.15, 0.2) is 0 Å². The van der Waals surface area contributed by atoms with Crippen LogP contribution in [0.2, 0.25) is 0 Å². The lowest BCUT2D eigenvalue weighted by Crippen LogP contribution is -2.30. The molecule has 0 aliphatic heterocycles. The van der Waals surface area contributed by atoms with Crippen molar-refractivity contribution >= 4 is 15.9 Å². The zero-order chi connectivity index (χ0) is 12.0. The van der Waals surface area contributed by atoms with E-state index in [2.05, 4.69) is 15.9 Å². The van der Waals surface area contributed by atoms with Gasteiger partial charge in [-0.1, -0.05) is 45.8 Å². The third kappa shape index (κ3) is 5.03. The number of rotatable bonds is 6. The zero-order valence-electron chi connectivity index (χ0n) is 9.30. The predicted octanol–water partition coefficient (Wildman–Crippen LogP) is 3.46. The molecule has 0 heterocycles. The van der Waals surface area contributed by atoms with E-state index in [1.54, 1.807) is 4.90 Å². The van der Waals surface area contributed by atoms with Crippen LogP contribution >= 0.6 is 15.9 Å². The molecule has 16 heavy (non-hydrogen) atoms. The number of hydrogen-bond acceptors (Lipinski definition) is 1. The summed E-state index contributed by atoms with van der Waals surface area (Å²) >= 11 is 3.28. The van der Waals surface area contributed by atoms with E-state index in [4.69, 9.17) is 0 Å². The molecule has 0 atom stereocenters. The van der Waals surface area contributed by atoms with Crippen molar-refractivity contribution in [1.82, 2.24) is 4.90 Å². The number of benzene rings is 1. The average Bonchev–Trinajstić information content (AvgIpc) is 2.16. The topological polar surface area (TPSA) is 3.24 Å². The SMILES string of the molecule is Cc1cccc(CN(CCBr)CC(F)F)c1. The first-order valence-corrected chi connectivity index (χ1v) is 6.36. The first-order valence-electron chi connectivity index (χ1n) is 5.24. The van der Waals surface area contributed by atoms with Crippen LogP contribution in [0.1, 0.15) is 11.1 Å². The van der Waals surface area contributed by atoms with E-state index in [0.717, 1.165) is 11.1 Å². The van der Waals surface area contributed by atoms with Gasteiger partial charge in [-0.2, -0.15) is 0 Å². The highest BCUT2D eigenvalue weighted by Crippen LogP contribution is 2.09. The van der Waals surface area contributed by atoms with Crippen LogP contribution in [0.25, 0.3) is 0 Å². The lowest BCUT2D eigenvalue weighted by molar-refractivity contribution is 0.0881. The number of alkyl halides is 3. The maximum atomic E-state index is 12.3. The van der Waals surface area contributed by atoms with Gasteiger partial charge >= 0.3 is 0 Å². The molecule has 0 spiro atoms. The van der Waals surface area contributed by atoms with Gasteiger partial charge in [-0.25, -0.2) is 8.78 Å². The van der Waals surface area contributed by atoms with E-state index in [0.29, 0.717) is 18.4 Å². The minimum Gasteiger partial charge on any atom is -0.293 e. The Morgan fingerprint density at radius 2 is 2.12 bits per heavy atom. The quantitative estimate of drug-likeness (QED) is 0.726. The zero-order valence-corrected chi connectivity index (χ0v) is 10.9. The van der Waals surface area contributed by atoms with E-state index in [1.807, 2.05) is 31.2 Å². The highest BCUT2D eigenvalue weighted by atomic mass is 79.9. The molecule has 0 N–H and O–H groups in total. The fraction of sp³-hybridized carbons (Fsp3) is 0.500. The summed E-state index contributed by atoms with van der Waals surface area (Å²) in [6.45, 7) is 3.06. The van der Waals surface area contributed by atoms with Crippen molar-refractivity contribution in [3.8, 4) is 0 Å². The molecule has 0 saturated heterocycles. The van der Waals surface area contributed by atoms with Crippen molar-refractivity contribution in [2.45, 2.75) is 19.9 Å². The third-order valence-corrected chi connectivity index (χ3v) is 2.64. The van der Waals surface area contributed by atoms with E-state index >= 15 is 0 Å². The minimum atomic E-state index is -2.27. The van der Waals surface area contributed by atoms with Crippen LogP contribution in [0.15, 0.2) is 24.3 Å². The molecule has 4 heteroatoms. The lowest BCUT2D eigenvalue weighted by Gasteiger charge is -2.20. The molecule has 0 amide bonds. The standard InChI is InChI=1S/C12H16BrF2N/c1-10-3-2-4-11(7-10)8-16(6-5-13)9-12(14)15/h2-4,7,12H,5-6,8-9H2,1H3. The molecule has 0 aromatic heterocycles. The summed E-state index contributed by atoms with van der Waals surface area (Å²) in [6.07, 6.45) is -2.27. The molecule has 1 aromatic rings. The maximum Gasteiger partial charge on any atom is 0.251 e. The second-order valence-corrected chi connectivity index (χ2v) is 4.60. The highest BCUT2D eigenvalue weighted by Gasteiger charge is 2.11. The van der Waals surface area contributed by atoms with Gasteiger partial charge in [-0.15, -0.1) is 0 Å². The van der Waals surface area contributed by atoms with Crippen molar-refractivity contribution in [1.29, 1.82) is 0 Å². The predicted molar refractivity (Wildman–Crippen MR) is 66.3 cm³/mol. The van der Waals surface area contributed by atoms with Crippen LogP contribution in [-0.4, -0.2) is 29.7 Å². The summed E-state index contributed by atoms with van der Waals surface area (Å²) < 4.78 is 24.7. The van der Waals surface area contributed by atoms with Gasteiger partial charge in [0.1, 0.15) is 0 Å². The summed E-state index contributed by atoms with van der Waals surface area (Å²) in [5, 5.41) is 0.714. The van der Waals surface area contributed by atoms with Gasteiger partial charge in [0.25, 0.3) is 6.43 Å². The Morgan fingerprint density at radius 1 is 1.38 bits per heavy atom. The lowest BCUT2D eigenvalue weighted by atomic mass is 10.1. The van der Waals surface area contributed by atoms with Crippen LogP contribution < -0.4 is 0 Å². The van der Waals surface area contributed by atoms with Crippen LogP contribution in [0.4, 0.5) is 8.78 Å². The first-order chi connectivity index (χ1) is 7.61. The molecule has 0 bridgehead atoms. The molecular formula is C12H16BrF2N. The van der Waals surface area contributed by atoms with Crippen LogP contribution in [0.3, 0.4) is 0 Å². The van der Waals surface area contributed by atoms with Crippen molar-refractivity contribution < 1.29 is 8.78 Å². The Bertz CT molecular complexity index is 318. The molecule has 0 saturated carbocycles. The monoisotopic (exact) mass is 291 g/mol. The largest absolute Gasteiger partial charge is 0.293 e. The molecule has 1 rings (SSSR count). The average molecular weight is 292 g/mol. The van der Waals surface area contributed by atoms with Gasteiger partial charge in [0, 0.05) is 18.4 Å². The first kappa shape index (κ1) is 13.6.